The first-order valence-electron chi connectivity index (χ1n) is 5.87. The molecule has 0 bridgehead atoms. The monoisotopic (exact) mass is 234 g/mol. The Morgan fingerprint density at radius 2 is 1.94 bits per heavy atom. The number of nitrogens with zero attached hydrogens (tertiary/aromatic N) is 2. The molecule has 1 aromatic rings. The van der Waals surface area contributed by atoms with Gasteiger partial charge < -0.3 is 9.94 Å². The zero-order valence-corrected chi connectivity index (χ0v) is 10.1. The van der Waals surface area contributed by atoms with Crippen molar-refractivity contribution in [3.8, 4) is 0 Å². The molecule has 92 valence electrons. The van der Waals surface area contributed by atoms with Crippen LogP contribution in [-0.2, 0) is 4.74 Å². The summed E-state index contributed by atoms with van der Waals surface area (Å²) in [5.41, 5.74) is 2.90. The maximum atomic E-state index is 9.11. The topological polar surface area (TPSA) is 45.1 Å². The zero-order chi connectivity index (χ0) is 12.1. The van der Waals surface area contributed by atoms with Gasteiger partial charge in [-0.1, -0.05) is 35.0 Å². The standard InChI is InChI=1S/C13H18N2O2/c1-11-2-4-12(5-3-11)13(14-16)10-15-6-8-17-9-7-15/h2-5,16H,6-10H2,1H3. The summed E-state index contributed by atoms with van der Waals surface area (Å²) < 4.78 is 5.29. The van der Waals surface area contributed by atoms with E-state index in [1.54, 1.807) is 0 Å². The highest BCUT2D eigenvalue weighted by atomic mass is 16.5. The first kappa shape index (κ1) is 12.1. The average Bonchev–Trinajstić information content (AvgIpc) is 2.38. The Hall–Kier alpha value is -1.39. The van der Waals surface area contributed by atoms with Crippen molar-refractivity contribution in [1.82, 2.24) is 4.90 Å². The van der Waals surface area contributed by atoms with Crippen LogP contribution < -0.4 is 0 Å². The lowest BCUT2D eigenvalue weighted by atomic mass is 10.1. The van der Waals surface area contributed by atoms with Gasteiger partial charge in [0.2, 0.25) is 0 Å². The quantitative estimate of drug-likeness (QED) is 0.490. The van der Waals surface area contributed by atoms with E-state index >= 15 is 0 Å². The highest BCUT2D eigenvalue weighted by Gasteiger charge is 2.14. The molecule has 1 aliphatic heterocycles. The van der Waals surface area contributed by atoms with E-state index in [-0.39, 0.29) is 0 Å². The van der Waals surface area contributed by atoms with Crippen LogP contribution in [0.15, 0.2) is 29.4 Å². The van der Waals surface area contributed by atoms with E-state index in [1.807, 2.05) is 31.2 Å². The summed E-state index contributed by atoms with van der Waals surface area (Å²) in [6, 6.07) is 8.04. The van der Waals surface area contributed by atoms with Gasteiger partial charge in [0.25, 0.3) is 0 Å². The van der Waals surface area contributed by atoms with Crippen molar-refractivity contribution < 1.29 is 9.94 Å². The van der Waals surface area contributed by atoms with E-state index in [2.05, 4.69) is 10.1 Å². The van der Waals surface area contributed by atoms with Crippen molar-refractivity contribution in [3.63, 3.8) is 0 Å². The molecule has 4 nitrogen and oxygen atoms in total. The van der Waals surface area contributed by atoms with Crippen molar-refractivity contribution in [2.75, 3.05) is 32.8 Å². The summed E-state index contributed by atoms with van der Waals surface area (Å²) in [4.78, 5) is 2.23. The first-order valence-corrected chi connectivity index (χ1v) is 5.87. The van der Waals surface area contributed by atoms with Crippen LogP contribution in [0.3, 0.4) is 0 Å². The minimum absolute atomic E-state index is 0.670. The van der Waals surface area contributed by atoms with Crippen LogP contribution >= 0.6 is 0 Å². The Morgan fingerprint density at radius 1 is 1.29 bits per heavy atom. The molecule has 0 spiro atoms. The molecule has 0 aromatic heterocycles. The molecule has 4 heteroatoms. The fraction of sp³-hybridized carbons (Fsp3) is 0.462. The molecule has 0 unspecified atom stereocenters. The maximum Gasteiger partial charge on any atom is 0.101 e. The molecular formula is C13H18N2O2. The first-order chi connectivity index (χ1) is 8.29. The lowest BCUT2D eigenvalue weighted by Crippen LogP contribution is -2.39. The fourth-order valence-corrected chi connectivity index (χ4v) is 1.90. The SMILES string of the molecule is Cc1ccc(C(CN2CCOCC2)=NO)cc1. The molecule has 0 saturated carbocycles. The predicted octanol–water partition coefficient (Wildman–Crippen LogP) is 1.51. The summed E-state index contributed by atoms with van der Waals surface area (Å²) in [5.74, 6) is 0. The van der Waals surface area contributed by atoms with Crippen molar-refractivity contribution in [3.05, 3.63) is 35.4 Å². The molecule has 1 heterocycles. The average molecular weight is 234 g/mol. The van der Waals surface area contributed by atoms with Crippen LogP contribution in [0, 0.1) is 6.92 Å². The maximum absolute atomic E-state index is 9.11. The van der Waals surface area contributed by atoms with Gasteiger partial charge in [-0.2, -0.15) is 0 Å². The van der Waals surface area contributed by atoms with Gasteiger partial charge in [0.15, 0.2) is 0 Å². The minimum Gasteiger partial charge on any atom is -0.411 e. The Balaban J connectivity index is 2.03. The lowest BCUT2D eigenvalue weighted by molar-refractivity contribution is 0.0450. The molecule has 0 aliphatic carbocycles. The highest BCUT2D eigenvalue weighted by molar-refractivity contribution is 6.01. The van der Waals surface area contributed by atoms with Gasteiger partial charge in [-0.05, 0) is 6.92 Å². The molecule has 0 radical (unpaired) electrons. The summed E-state index contributed by atoms with van der Waals surface area (Å²) in [6.07, 6.45) is 0. The Kier molecular flexibility index (Phi) is 4.12. The molecule has 1 N–H and O–H groups in total. The summed E-state index contributed by atoms with van der Waals surface area (Å²) in [5, 5.41) is 12.5. The van der Waals surface area contributed by atoms with Crippen LogP contribution in [0.4, 0.5) is 0 Å². The predicted molar refractivity (Wildman–Crippen MR) is 66.8 cm³/mol. The Bertz CT molecular complexity index is 381. The highest BCUT2D eigenvalue weighted by Crippen LogP contribution is 2.07. The normalized spacial score (nSPS) is 18.3. The molecule has 0 amide bonds. The van der Waals surface area contributed by atoms with E-state index in [1.165, 1.54) is 5.56 Å². The van der Waals surface area contributed by atoms with Crippen LogP contribution in [0.1, 0.15) is 11.1 Å². The number of oxime groups is 1. The number of aryl methyl sites for hydroxylation is 1. The van der Waals surface area contributed by atoms with Gasteiger partial charge in [-0.3, -0.25) is 4.90 Å². The smallest absolute Gasteiger partial charge is 0.101 e. The lowest BCUT2D eigenvalue weighted by Gasteiger charge is -2.26. The van der Waals surface area contributed by atoms with Gasteiger partial charge in [-0.15, -0.1) is 0 Å². The second kappa shape index (κ2) is 5.80. The molecule has 1 aromatic carbocycles. The minimum atomic E-state index is 0.670. The van der Waals surface area contributed by atoms with Crippen molar-refractivity contribution in [2.45, 2.75) is 6.92 Å². The second-order valence-electron chi connectivity index (χ2n) is 4.30. The Morgan fingerprint density at radius 3 is 2.53 bits per heavy atom. The van der Waals surface area contributed by atoms with E-state index < -0.39 is 0 Å². The number of morpholine rings is 1. The second-order valence-corrected chi connectivity index (χ2v) is 4.30. The van der Waals surface area contributed by atoms with Gasteiger partial charge >= 0.3 is 0 Å². The van der Waals surface area contributed by atoms with Crippen LogP contribution in [0.5, 0.6) is 0 Å². The summed E-state index contributed by atoms with van der Waals surface area (Å²) in [6.45, 7) is 6.01. The van der Waals surface area contributed by atoms with Gasteiger partial charge in [0, 0.05) is 25.2 Å². The third kappa shape index (κ3) is 3.28. The zero-order valence-electron chi connectivity index (χ0n) is 10.1. The third-order valence-electron chi connectivity index (χ3n) is 2.98. The molecule has 1 saturated heterocycles. The number of hydrogen-bond acceptors (Lipinski definition) is 4. The third-order valence-corrected chi connectivity index (χ3v) is 2.98. The number of ether oxygens (including phenoxy) is 1. The van der Waals surface area contributed by atoms with Crippen molar-refractivity contribution in [1.29, 1.82) is 0 Å². The molecule has 0 atom stereocenters. The van der Waals surface area contributed by atoms with Gasteiger partial charge in [0.05, 0.1) is 13.2 Å². The van der Waals surface area contributed by atoms with E-state index in [9.17, 15) is 0 Å². The largest absolute Gasteiger partial charge is 0.411 e. The molecule has 1 fully saturated rings. The van der Waals surface area contributed by atoms with Crippen molar-refractivity contribution >= 4 is 5.71 Å². The summed E-state index contributed by atoms with van der Waals surface area (Å²) >= 11 is 0. The van der Waals surface area contributed by atoms with Gasteiger partial charge in [-0.25, -0.2) is 0 Å². The number of rotatable bonds is 3. The van der Waals surface area contributed by atoms with Crippen LogP contribution in [0.2, 0.25) is 0 Å². The van der Waals surface area contributed by atoms with E-state index in [4.69, 9.17) is 9.94 Å². The number of hydrogen-bond donors (Lipinski definition) is 1. The Labute approximate surface area is 101 Å². The molecular weight excluding hydrogens is 216 g/mol. The van der Waals surface area contributed by atoms with Crippen molar-refractivity contribution in [2.24, 2.45) is 5.16 Å². The summed E-state index contributed by atoms with van der Waals surface area (Å²) in [7, 11) is 0. The fourth-order valence-electron chi connectivity index (χ4n) is 1.90. The van der Waals surface area contributed by atoms with Crippen LogP contribution in [-0.4, -0.2) is 48.7 Å². The van der Waals surface area contributed by atoms with Gasteiger partial charge in [0.1, 0.15) is 5.71 Å². The van der Waals surface area contributed by atoms with Crippen LogP contribution in [0.25, 0.3) is 0 Å². The van der Waals surface area contributed by atoms with E-state index in [0.717, 1.165) is 31.9 Å². The molecule has 17 heavy (non-hydrogen) atoms. The molecule has 1 aliphatic rings. The molecule has 2 rings (SSSR count). The number of benzene rings is 1. The van der Waals surface area contributed by atoms with E-state index in [0.29, 0.717) is 12.3 Å².